The number of aromatic nitrogens is 2. The monoisotopic (exact) mass is 288 g/mol. The first-order valence-electron chi connectivity index (χ1n) is 7.36. The second kappa shape index (κ2) is 7.24. The van der Waals surface area contributed by atoms with E-state index in [1.54, 1.807) is 0 Å². The third kappa shape index (κ3) is 4.06. The van der Waals surface area contributed by atoms with Gasteiger partial charge in [0.2, 0.25) is 0 Å². The number of benzene rings is 1. The fraction of sp³-hybridized carbons (Fsp3) is 0.438. The van der Waals surface area contributed by atoms with Crippen LogP contribution in [0.15, 0.2) is 36.7 Å². The summed E-state index contributed by atoms with van der Waals surface area (Å²) in [6.45, 7) is 7.04. The lowest BCUT2D eigenvalue weighted by Crippen LogP contribution is -2.30. The van der Waals surface area contributed by atoms with Gasteiger partial charge < -0.3 is 9.30 Å². The molecule has 1 aromatic heterocycles. The molecule has 3 N–H and O–H groups in total. The molecule has 0 aliphatic rings. The number of imidazole rings is 1. The van der Waals surface area contributed by atoms with Gasteiger partial charge in [-0.15, -0.1) is 0 Å². The number of hydrazine groups is 1. The zero-order chi connectivity index (χ0) is 15.2. The van der Waals surface area contributed by atoms with Gasteiger partial charge in [-0.2, -0.15) is 0 Å². The Kier molecular flexibility index (Phi) is 5.36. The summed E-state index contributed by atoms with van der Waals surface area (Å²) in [5.74, 6) is 7.62. The molecule has 1 unspecified atom stereocenters. The molecule has 0 aliphatic carbocycles. The summed E-state index contributed by atoms with van der Waals surface area (Å²) in [6.07, 6.45) is 4.71. The van der Waals surface area contributed by atoms with Gasteiger partial charge in [-0.05, 0) is 38.5 Å². The van der Waals surface area contributed by atoms with Crippen molar-refractivity contribution in [1.29, 1.82) is 0 Å². The molecule has 0 aliphatic heterocycles. The molecule has 5 nitrogen and oxygen atoms in total. The molecular formula is C16H24N4O. The molecule has 0 fully saturated rings. The van der Waals surface area contributed by atoms with Crippen molar-refractivity contribution in [2.45, 2.75) is 45.9 Å². The first-order valence-corrected chi connectivity index (χ1v) is 7.36. The molecule has 2 rings (SSSR count). The van der Waals surface area contributed by atoms with Gasteiger partial charge in [0.25, 0.3) is 0 Å². The lowest BCUT2D eigenvalue weighted by Gasteiger charge is -2.18. The predicted molar refractivity (Wildman–Crippen MR) is 83.9 cm³/mol. The minimum absolute atomic E-state index is 0.00779. The molecule has 21 heavy (non-hydrogen) atoms. The van der Waals surface area contributed by atoms with Gasteiger partial charge >= 0.3 is 0 Å². The van der Waals surface area contributed by atoms with Crippen LogP contribution in [0.5, 0.6) is 5.75 Å². The maximum atomic E-state index is 5.74. The highest BCUT2D eigenvalue weighted by atomic mass is 16.5. The summed E-state index contributed by atoms with van der Waals surface area (Å²) >= 11 is 0. The molecule has 5 heteroatoms. The van der Waals surface area contributed by atoms with E-state index in [9.17, 15) is 0 Å². The Morgan fingerprint density at radius 1 is 1.38 bits per heavy atom. The number of nitrogens with one attached hydrogen (secondary N) is 1. The van der Waals surface area contributed by atoms with Crippen molar-refractivity contribution in [1.82, 2.24) is 15.0 Å². The summed E-state index contributed by atoms with van der Waals surface area (Å²) in [7, 11) is 0. The van der Waals surface area contributed by atoms with E-state index in [1.165, 1.54) is 0 Å². The van der Waals surface area contributed by atoms with Crippen LogP contribution in [0, 0.1) is 0 Å². The minimum Gasteiger partial charge on any atom is -0.491 e. The van der Waals surface area contributed by atoms with Gasteiger partial charge in [0, 0.05) is 25.4 Å². The SMILES string of the molecule is CCn1ccnc1CC(NN)c1cccc(OC(C)C)c1. The van der Waals surface area contributed by atoms with Crippen molar-refractivity contribution in [2.24, 2.45) is 5.84 Å². The van der Waals surface area contributed by atoms with Crippen LogP contribution in [0.4, 0.5) is 0 Å². The van der Waals surface area contributed by atoms with E-state index < -0.39 is 0 Å². The van der Waals surface area contributed by atoms with Crippen molar-refractivity contribution >= 4 is 0 Å². The average molecular weight is 288 g/mol. The van der Waals surface area contributed by atoms with E-state index in [4.69, 9.17) is 10.6 Å². The summed E-state index contributed by atoms with van der Waals surface area (Å²) in [6, 6.07) is 8.04. The summed E-state index contributed by atoms with van der Waals surface area (Å²) < 4.78 is 7.86. The standard InChI is InChI=1S/C16H24N4O/c1-4-20-9-8-18-16(20)11-15(19-17)13-6-5-7-14(10-13)21-12(2)3/h5-10,12,15,19H,4,11,17H2,1-3H3. The first-order chi connectivity index (χ1) is 10.1. The Balaban J connectivity index is 2.17. The molecule has 0 radical (unpaired) electrons. The zero-order valence-electron chi connectivity index (χ0n) is 12.9. The Morgan fingerprint density at radius 3 is 2.86 bits per heavy atom. The molecule has 0 saturated heterocycles. The quantitative estimate of drug-likeness (QED) is 0.606. The third-order valence-electron chi connectivity index (χ3n) is 3.36. The van der Waals surface area contributed by atoms with Gasteiger partial charge in [0.1, 0.15) is 11.6 Å². The van der Waals surface area contributed by atoms with Crippen molar-refractivity contribution in [3.63, 3.8) is 0 Å². The second-order valence-electron chi connectivity index (χ2n) is 5.29. The normalized spacial score (nSPS) is 12.6. The largest absolute Gasteiger partial charge is 0.491 e. The van der Waals surface area contributed by atoms with Crippen LogP contribution in [0.25, 0.3) is 0 Å². The zero-order valence-corrected chi connectivity index (χ0v) is 12.9. The van der Waals surface area contributed by atoms with E-state index in [1.807, 2.05) is 44.4 Å². The highest BCUT2D eigenvalue weighted by molar-refractivity contribution is 5.31. The van der Waals surface area contributed by atoms with Crippen LogP contribution in [0.2, 0.25) is 0 Å². The van der Waals surface area contributed by atoms with E-state index in [-0.39, 0.29) is 12.1 Å². The summed E-state index contributed by atoms with van der Waals surface area (Å²) in [5, 5.41) is 0. The molecule has 2 aromatic rings. The lowest BCUT2D eigenvalue weighted by atomic mass is 10.0. The van der Waals surface area contributed by atoms with E-state index >= 15 is 0 Å². The molecule has 0 saturated carbocycles. The second-order valence-corrected chi connectivity index (χ2v) is 5.29. The predicted octanol–water partition coefficient (Wildman–Crippen LogP) is 2.44. The van der Waals surface area contributed by atoms with Gasteiger partial charge in [-0.3, -0.25) is 11.3 Å². The van der Waals surface area contributed by atoms with Crippen LogP contribution in [0.3, 0.4) is 0 Å². The molecule has 1 aromatic carbocycles. The molecule has 0 bridgehead atoms. The fourth-order valence-corrected chi connectivity index (χ4v) is 2.35. The number of rotatable bonds is 7. The van der Waals surface area contributed by atoms with Crippen LogP contribution in [-0.4, -0.2) is 15.7 Å². The Hall–Kier alpha value is -1.85. The maximum Gasteiger partial charge on any atom is 0.120 e. The van der Waals surface area contributed by atoms with E-state index in [0.29, 0.717) is 0 Å². The molecule has 114 valence electrons. The molecule has 0 spiro atoms. The number of hydrogen-bond acceptors (Lipinski definition) is 4. The van der Waals surface area contributed by atoms with Crippen molar-refractivity contribution in [3.05, 3.63) is 48.0 Å². The van der Waals surface area contributed by atoms with Gasteiger partial charge in [-0.25, -0.2) is 4.98 Å². The van der Waals surface area contributed by atoms with Gasteiger partial charge in [0.15, 0.2) is 0 Å². The maximum absolute atomic E-state index is 5.74. The van der Waals surface area contributed by atoms with Gasteiger partial charge in [0.05, 0.1) is 12.1 Å². The molecule has 0 amide bonds. The van der Waals surface area contributed by atoms with Crippen LogP contribution in [0.1, 0.15) is 38.2 Å². The van der Waals surface area contributed by atoms with Crippen molar-refractivity contribution in [2.75, 3.05) is 0 Å². The molecule has 1 atom stereocenters. The Labute approximate surface area is 126 Å². The minimum atomic E-state index is 0.00779. The van der Waals surface area contributed by atoms with Gasteiger partial charge in [-0.1, -0.05) is 12.1 Å². The smallest absolute Gasteiger partial charge is 0.120 e. The van der Waals surface area contributed by atoms with Crippen LogP contribution < -0.4 is 16.0 Å². The fourth-order valence-electron chi connectivity index (χ4n) is 2.35. The van der Waals surface area contributed by atoms with E-state index in [0.717, 1.165) is 30.1 Å². The third-order valence-corrected chi connectivity index (χ3v) is 3.36. The molecule has 1 heterocycles. The topological polar surface area (TPSA) is 65.1 Å². The number of nitrogens with zero attached hydrogens (tertiary/aromatic N) is 2. The average Bonchev–Trinajstić information content (AvgIpc) is 2.91. The lowest BCUT2D eigenvalue weighted by molar-refractivity contribution is 0.242. The van der Waals surface area contributed by atoms with E-state index in [2.05, 4.69) is 28.0 Å². The summed E-state index contributed by atoms with van der Waals surface area (Å²) in [4.78, 5) is 4.41. The molecular weight excluding hydrogens is 264 g/mol. The highest BCUT2D eigenvalue weighted by Gasteiger charge is 2.14. The van der Waals surface area contributed by atoms with Crippen LogP contribution in [-0.2, 0) is 13.0 Å². The van der Waals surface area contributed by atoms with Crippen molar-refractivity contribution < 1.29 is 4.74 Å². The number of ether oxygens (including phenoxy) is 1. The summed E-state index contributed by atoms with van der Waals surface area (Å²) in [5.41, 5.74) is 3.98. The van der Waals surface area contributed by atoms with Crippen LogP contribution >= 0.6 is 0 Å². The first kappa shape index (κ1) is 15.5. The number of nitrogens with two attached hydrogens (primary N) is 1. The highest BCUT2D eigenvalue weighted by Crippen LogP contribution is 2.22. The van der Waals surface area contributed by atoms with Crippen molar-refractivity contribution in [3.8, 4) is 5.75 Å². The Morgan fingerprint density at radius 2 is 2.19 bits per heavy atom. The number of hydrogen-bond donors (Lipinski definition) is 2. The number of aryl methyl sites for hydroxylation is 1. The Bertz CT molecular complexity index is 565.